The van der Waals surface area contributed by atoms with E-state index in [1.54, 1.807) is 16.7 Å². The maximum Gasteiger partial charge on any atom is 0.169 e. The standard InChI is InChI=1S/C9H11NO2S/c11-4-8-6-13-9(10-8)3-7-1-2-12-5-7/h4,6-7H,1-3,5H2. The molecule has 1 aliphatic rings. The van der Waals surface area contributed by atoms with Crippen molar-refractivity contribution in [2.24, 2.45) is 5.92 Å². The Hall–Kier alpha value is -0.740. The minimum atomic E-state index is 0.555. The fourth-order valence-corrected chi connectivity index (χ4v) is 2.32. The number of hydrogen-bond donors (Lipinski definition) is 0. The van der Waals surface area contributed by atoms with E-state index in [9.17, 15) is 4.79 Å². The van der Waals surface area contributed by atoms with Crippen molar-refractivity contribution in [3.63, 3.8) is 0 Å². The number of aromatic nitrogens is 1. The van der Waals surface area contributed by atoms with Crippen LogP contribution in [0.25, 0.3) is 0 Å². The van der Waals surface area contributed by atoms with Gasteiger partial charge >= 0.3 is 0 Å². The van der Waals surface area contributed by atoms with Crippen molar-refractivity contribution >= 4 is 17.6 Å². The monoisotopic (exact) mass is 197 g/mol. The average Bonchev–Trinajstić information content (AvgIpc) is 2.76. The molecule has 2 heterocycles. The zero-order valence-electron chi connectivity index (χ0n) is 7.23. The van der Waals surface area contributed by atoms with Gasteiger partial charge in [0.05, 0.1) is 5.01 Å². The molecule has 0 aromatic carbocycles. The van der Waals surface area contributed by atoms with Gasteiger partial charge in [-0.2, -0.15) is 0 Å². The molecule has 0 amide bonds. The Morgan fingerprint density at radius 1 is 1.77 bits per heavy atom. The molecule has 1 aliphatic heterocycles. The first-order valence-electron chi connectivity index (χ1n) is 4.36. The van der Waals surface area contributed by atoms with Gasteiger partial charge in [-0.25, -0.2) is 4.98 Å². The molecule has 4 heteroatoms. The van der Waals surface area contributed by atoms with Crippen LogP contribution >= 0.6 is 11.3 Å². The Bertz CT molecular complexity index is 292. The SMILES string of the molecule is O=Cc1csc(CC2CCOC2)n1. The summed E-state index contributed by atoms with van der Waals surface area (Å²) in [5, 5.41) is 2.86. The molecule has 13 heavy (non-hydrogen) atoms. The maximum atomic E-state index is 10.4. The summed E-state index contributed by atoms with van der Waals surface area (Å²) in [6, 6.07) is 0. The molecule has 70 valence electrons. The second-order valence-corrected chi connectivity index (χ2v) is 4.16. The van der Waals surface area contributed by atoms with E-state index in [0.717, 1.165) is 37.3 Å². The Kier molecular flexibility index (Phi) is 2.71. The number of thiazole rings is 1. The summed E-state index contributed by atoms with van der Waals surface area (Å²) in [6.45, 7) is 1.71. The predicted molar refractivity (Wildman–Crippen MR) is 50.1 cm³/mol. The van der Waals surface area contributed by atoms with E-state index in [2.05, 4.69) is 4.98 Å². The molecule has 0 aliphatic carbocycles. The molecular formula is C9H11NO2S. The van der Waals surface area contributed by atoms with E-state index < -0.39 is 0 Å². The van der Waals surface area contributed by atoms with Crippen molar-refractivity contribution in [2.75, 3.05) is 13.2 Å². The summed E-state index contributed by atoms with van der Waals surface area (Å²) in [6.07, 6.45) is 2.87. The third-order valence-electron chi connectivity index (χ3n) is 2.18. The van der Waals surface area contributed by atoms with Gasteiger partial charge in [-0.15, -0.1) is 11.3 Å². The summed E-state index contributed by atoms with van der Waals surface area (Å²) in [5.41, 5.74) is 0.555. The normalized spacial score (nSPS) is 22.0. The number of nitrogens with zero attached hydrogens (tertiary/aromatic N) is 1. The van der Waals surface area contributed by atoms with Crippen molar-refractivity contribution in [2.45, 2.75) is 12.8 Å². The number of ether oxygens (including phenoxy) is 1. The third-order valence-corrected chi connectivity index (χ3v) is 3.07. The maximum absolute atomic E-state index is 10.4. The molecule has 1 aromatic rings. The molecule has 0 spiro atoms. The fourth-order valence-electron chi connectivity index (χ4n) is 1.46. The number of aldehydes is 1. The van der Waals surface area contributed by atoms with E-state index >= 15 is 0 Å². The zero-order chi connectivity index (χ0) is 9.10. The van der Waals surface area contributed by atoms with Crippen molar-refractivity contribution in [3.05, 3.63) is 16.1 Å². The summed E-state index contributed by atoms with van der Waals surface area (Å²) < 4.78 is 5.27. The summed E-state index contributed by atoms with van der Waals surface area (Å²) >= 11 is 1.56. The lowest BCUT2D eigenvalue weighted by atomic mass is 10.1. The minimum Gasteiger partial charge on any atom is -0.381 e. The summed E-state index contributed by atoms with van der Waals surface area (Å²) in [5.74, 6) is 0.602. The third kappa shape index (κ3) is 2.14. The first kappa shape index (κ1) is 8.84. The number of carbonyl (C=O) groups is 1. The summed E-state index contributed by atoms with van der Waals surface area (Å²) in [7, 11) is 0. The van der Waals surface area contributed by atoms with Gasteiger partial charge in [0, 0.05) is 25.0 Å². The molecule has 0 N–H and O–H groups in total. The summed E-state index contributed by atoms with van der Waals surface area (Å²) in [4.78, 5) is 14.6. The van der Waals surface area contributed by atoms with E-state index in [4.69, 9.17) is 4.74 Å². The van der Waals surface area contributed by atoms with Crippen LogP contribution in [0.4, 0.5) is 0 Å². The number of hydrogen-bond acceptors (Lipinski definition) is 4. The topological polar surface area (TPSA) is 39.2 Å². The van der Waals surface area contributed by atoms with Crippen LogP contribution in [0.3, 0.4) is 0 Å². The largest absolute Gasteiger partial charge is 0.381 e. The Morgan fingerprint density at radius 3 is 3.31 bits per heavy atom. The molecule has 1 fully saturated rings. The van der Waals surface area contributed by atoms with Gasteiger partial charge < -0.3 is 4.74 Å². The van der Waals surface area contributed by atoms with E-state index in [1.165, 1.54) is 0 Å². The van der Waals surface area contributed by atoms with E-state index in [0.29, 0.717) is 11.6 Å². The van der Waals surface area contributed by atoms with Crippen LogP contribution in [-0.4, -0.2) is 24.5 Å². The Balaban J connectivity index is 1.96. The van der Waals surface area contributed by atoms with Crippen LogP contribution in [0.2, 0.25) is 0 Å². The lowest BCUT2D eigenvalue weighted by molar-refractivity contribution is 0.111. The van der Waals surface area contributed by atoms with Crippen molar-refractivity contribution < 1.29 is 9.53 Å². The molecule has 1 unspecified atom stereocenters. The molecule has 0 radical (unpaired) electrons. The second-order valence-electron chi connectivity index (χ2n) is 3.22. The van der Waals surface area contributed by atoms with Crippen LogP contribution in [-0.2, 0) is 11.2 Å². The lowest BCUT2D eigenvalue weighted by Crippen LogP contribution is -2.03. The number of rotatable bonds is 3. The van der Waals surface area contributed by atoms with Gasteiger partial charge in [0.2, 0.25) is 0 Å². The first-order chi connectivity index (χ1) is 6.38. The smallest absolute Gasteiger partial charge is 0.169 e. The van der Waals surface area contributed by atoms with Crippen LogP contribution in [0.5, 0.6) is 0 Å². The molecule has 0 bridgehead atoms. The second kappa shape index (κ2) is 3.98. The quantitative estimate of drug-likeness (QED) is 0.690. The lowest BCUT2D eigenvalue weighted by Gasteiger charge is -2.02. The highest BCUT2D eigenvalue weighted by molar-refractivity contribution is 7.09. The van der Waals surface area contributed by atoms with E-state index in [-0.39, 0.29) is 0 Å². The molecule has 0 saturated carbocycles. The van der Waals surface area contributed by atoms with Gasteiger partial charge in [0.15, 0.2) is 6.29 Å². The van der Waals surface area contributed by atoms with Crippen LogP contribution < -0.4 is 0 Å². The molecule has 2 rings (SSSR count). The van der Waals surface area contributed by atoms with Crippen LogP contribution in [0.1, 0.15) is 21.9 Å². The van der Waals surface area contributed by atoms with Crippen molar-refractivity contribution in [1.82, 2.24) is 4.98 Å². The van der Waals surface area contributed by atoms with Crippen LogP contribution in [0.15, 0.2) is 5.38 Å². The molecular weight excluding hydrogens is 186 g/mol. The molecule has 1 atom stereocenters. The zero-order valence-corrected chi connectivity index (χ0v) is 8.05. The van der Waals surface area contributed by atoms with Gasteiger partial charge in [-0.1, -0.05) is 0 Å². The minimum absolute atomic E-state index is 0.555. The van der Waals surface area contributed by atoms with Gasteiger partial charge in [0.1, 0.15) is 5.69 Å². The Labute approximate surface area is 80.8 Å². The van der Waals surface area contributed by atoms with Crippen molar-refractivity contribution in [1.29, 1.82) is 0 Å². The van der Waals surface area contributed by atoms with Gasteiger partial charge in [-0.3, -0.25) is 4.79 Å². The van der Waals surface area contributed by atoms with E-state index in [1.807, 2.05) is 0 Å². The fraction of sp³-hybridized carbons (Fsp3) is 0.556. The van der Waals surface area contributed by atoms with Crippen molar-refractivity contribution in [3.8, 4) is 0 Å². The first-order valence-corrected chi connectivity index (χ1v) is 5.24. The molecule has 1 saturated heterocycles. The number of carbonyl (C=O) groups excluding carboxylic acids is 1. The molecule has 1 aromatic heterocycles. The van der Waals surface area contributed by atoms with Crippen LogP contribution in [0, 0.1) is 5.92 Å². The molecule has 3 nitrogen and oxygen atoms in total. The highest BCUT2D eigenvalue weighted by atomic mass is 32.1. The Morgan fingerprint density at radius 2 is 2.69 bits per heavy atom. The van der Waals surface area contributed by atoms with Gasteiger partial charge in [0.25, 0.3) is 0 Å². The average molecular weight is 197 g/mol. The highest BCUT2D eigenvalue weighted by Crippen LogP contribution is 2.20. The predicted octanol–water partition coefficient (Wildman–Crippen LogP) is 1.53. The highest BCUT2D eigenvalue weighted by Gasteiger charge is 2.17. The van der Waals surface area contributed by atoms with Gasteiger partial charge in [-0.05, 0) is 12.3 Å².